The number of ether oxygens (including phenoxy) is 1. The third-order valence-corrected chi connectivity index (χ3v) is 4.81. The van der Waals surface area contributed by atoms with E-state index in [1.807, 2.05) is 12.1 Å². The summed E-state index contributed by atoms with van der Waals surface area (Å²) in [5, 5.41) is 10.0. The fraction of sp³-hybridized carbons (Fsp3) is 0.714. The first-order valence-corrected chi connectivity index (χ1v) is 9.72. The molecule has 1 aliphatic heterocycles. The first-order chi connectivity index (χ1) is 11.9. The number of aliphatic hydroxyl groups is 1. The third kappa shape index (κ3) is 5.98. The molecule has 2 unspecified atom stereocenters. The van der Waals surface area contributed by atoms with Crippen LogP contribution in [0.4, 0.5) is 0 Å². The van der Waals surface area contributed by atoms with Crippen molar-refractivity contribution in [3.63, 3.8) is 0 Å². The minimum atomic E-state index is 0.0651. The second-order valence-corrected chi connectivity index (χ2v) is 8.21. The van der Waals surface area contributed by atoms with Crippen molar-refractivity contribution in [2.45, 2.75) is 46.7 Å². The van der Waals surface area contributed by atoms with E-state index >= 15 is 0 Å². The second kappa shape index (κ2) is 9.56. The lowest BCUT2D eigenvalue weighted by Crippen LogP contribution is -2.54. The Bertz CT molecular complexity index is 501. The lowest BCUT2D eigenvalue weighted by atomic mass is 10.0. The van der Waals surface area contributed by atoms with Crippen molar-refractivity contribution >= 4 is 0 Å². The number of piperazine rings is 1. The highest BCUT2D eigenvalue weighted by Gasteiger charge is 2.30. The van der Waals surface area contributed by atoms with Gasteiger partial charge >= 0.3 is 0 Å². The first-order valence-electron chi connectivity index (χ1n) is 9.72. The van der Waals surface area contributed by atoms with Crippen LogP contribution in [0.2, 0.25) is 0 Å². The Hall–Kier alpha value is -1.10. The number of nitrogens with zero attached hydrogens (tertiary/aromatic N) is 2. The molecule has 0 spiro atoms. The summed E-state index contributed by atoms with van der Waals surface area (Å²) in [7, 11) is 0. The maximum absolute atomic E-state index is 10.0. The van der Waals surface area contributed by atoms with Crippen molar-refractivity contribution in [2.75, 3.05) is 39.4 Å². The van der Waals surface area contributed by atoms with Gasteiger partial charge in [-0.25, -0.2) is 0 Å². The molecule has 2 atom stereocenters. The molecule has 2 rings (SSSR count). The van der Waals surface area contributed by atoms with Crippen molar-refractivity contribution in [1.29, 1.82) is 0 Å². The lowest BCUT2D eigenvalue weighted by molar-refractivity contribution is 0.0215. The van der Waals surface area contributed by atoms with Crippen LogP contribution < -0.4 is 4.74 Å². The highest BCUT2D eigenvalue weighted by molar-refractivity contribution is 5.29. The molecule has 4 heteroatoms. The van der Waals surface area contributed by atoms with Gasteiger partial charge in [-0.1, -0.05) is 39.8 Å². The van der Waals surface area contributed by atoms with Crippen LogP contribution in [0.15, 0.2) is 24.3 Å². The lowest BCUT2D eigenvalue weighted by Gasteiger charge is -2.44. The zero-order valence-corrected chi connectivity index (χ0v) is 16.6. The van der Waals surface area contributed by atoms with E-state index in [0.717, 1.165) is 38.5 Å². The Labute approximate surface area is 153 Å². The molecule has 0 amide bonds. The molecule has 1 fully saturated rings. The smallest absolute Gasteiger partial charge is 0.119 e. The summed E-state index contributed by atoms with van der Waals surface area (Å²) in [6.07, 6.45) is 0. The van der Waals surface area contributed by atoms with Crippen molar-refractivity contribution in [3.8, 4) is 5.75 Å². The van der Waals surface area contributed by atoms with Crippen molar-refractivity contribution in [2.24, 2.45) is 11.8 Å². The summed E-state index contributed by atoms with van der Waals surface area (Å²) in [5.74, 6) is 2.13. The zero-order valence-electron chi connectivity index (χ0n) is 16.6. The van der Waals surface area contributed by atoms with Crippen LogP contribution in [0.25, 0.3) is 0 Å². The Kier molecular flexibility index (Phi) is 7.73. The third-order valence-electron chi connectivity index (χ3n) is 4.81. The van der Waals surface area contributed by atoms with E-state index in [1.165, 1.54) is 5.56 Å². The number of rotatable bonds is 8. The fourth-order valence-electron chi connectivity index (χ4n) is 3.64. The molecule has 1 saturated heterocycles. The molecule has 142 valence electrons. The van der Waals surface area contributed by atoms with Gasteiger partial charge in [-0.15, -0.1) is 0 Å². The molecule has 0 saturated carbocycles. The van der Waals surface area contributed by atoms with Gasteiger partial charge in [-0.2, -0.15) is 0 Å². The van der Waals surface area contributed by atoms with E-state index in [1.54, 1.807) is 0 Å². The van der Waals surface area contributed by atoms with Crippen LogP contribution in [-0.2, 0) is 0 Å². The standard InChI is InChI=1S/C21H36N2O2/c1-16(2)12-22-10-11-23(18(5)13-22)21(14-24)19-6-8-20(9-7-19)25-15-17(3)4/h6-9,16-18,21,24H,10-15H2,1-5H3. The van der Waals surface area contributed by atoms with Gasteiger partial charge < -0.3 is 14.7 Å². The monoisotopic (exact) mass is 348 g/mol. The van der Waals surface area contributed by atoms with Crippen LogP contribution in [-0.4, -0.2) is 60.3 Å². The quantitative estimate of drug-likeness (QED) is 0.781. The van der Waals surface area contributed by atoms with Gasteiger partial charge in [0.1, 0.15) is 5.75 Å². The minimum Gasteiger partial charge on any atom is -0.493 e. The van der Waals surface area contributed by atoms with Gasteiger partial charge in [-0.3, -0.25) is 4.90 Å². The molecule has 0 bridgehead atoms. The number of hydrogen-bond donors (Lipinski definition) is 1. The first kappa shape index (κ1) is 20.2. The highest BCUT2D eigenvalue weighted by Crippen LogP contribution is 2.27. The molecule has 25 heavy (non-hydrogen) atoms. The maximum Gasteiger partial charge on any atom is 0.119 e. The zero-order chi connectivity index (χ0) is 18.4. The molecule has 1 N–H and O–H groups in total. The van der Waals surface area contributed by atoms with Gasteiger partial charge in [0, 0.05) is 32.2 Å². The Morgan fingerprint density at radius 2 is 1.76 bits per heavy atom. The van der Waals surface area contributed by atoms with Crippen LogP contribution in [0, 0.1) is 11.8 Å². The van der Waals surface area contributed by atoms with E-state index in [-0.39, 0.29) is 12.6 Å². The van der Waals surface area contributed by atoms with E-state index in [4.69, 9.17) is 4.74 Å². The van der Waals surface area contributed by atoms with Crippen molar-refractivity contribution < 1.29 is 9.84 Å². The molecule has 4 nitrogen and oxygen atoms in total. The van der Waals surface area contributed by atoms with Gasteiger partial charge in [0.2, 0.25) is 0 Å². The Morgan fingerprint density at radius 3 is 2.28 bits per heavy atom. The topological polar surface area (TPSA) is 35.9 Å². The molecular weight excluding hydrogens is 312 g/mol. The van der Waals surface area contributed by atoms with E-state index in [9.17, 15) is 5.11 Å². The van der Waals surface area contributed by atoms with Gasteiger partial charge in [0.25, 0.3) is 0 Å². The number of aliphatic hydroxyl groups excluding tert-OH is 1. The summed E-state index contributed by atoms with van der Waals surface area (Å²) < 4.78 is 5.77. The van der Waals surface area contributed by atoms with Gasteiger partial charge in [0.05, 0.1) is 19.3 Å². The highest BCUT2D eigenvalue weighted by atomic mass is 16.5. The predicted octanol–water partition coefficient (Wildman–Crippen LogP) is 3.42. The number of benzene rings is 1. The normalized spacial score (nSPS) is 21.0. The Balaban J connectivity index is 1.99. The maximum atomic E-state index is 10.0. The van der Waals surface area contributed by atoms with Crippen molar-refractivity contribution in [3.05, 3.63) is 29.8 Å². The van der Waals surface area contributed by atoms with E-state index in [2.05, 4.69) is 56.6 Å². The molecule has 0 aliphatic carbocycles. The summed E-state index contributed by atoms with van der Waals surface area (Å²) in [6.45, 7) is 16.3. The fourth-order valence-corrected chi connectivity index (χ4v) is 3.64. The van der Waals surface area contributed by atoms with Gasteiger partial charge in [0.15, 0.2) is 0 Å². The van der Waals surface area contributed by atoms with Crippen molar-refractivity contribution in [1.82, 2.24) is 9.80 Å². The molecule has 1 aromatic rings. The summed E-state index contributed by atoms with van der Waals surface area (Å²) in [5.41, 5.74) is 1.17. The largest absolute Gasteiger partial charge is 0.493 e. The molecule has 1 aliphatic rings. The van der Waals surface area contributed by atoms with Crippen LogP contribution in [0.3, 0.4) is 0 Å². The summed E-state index contributed by atoms with van der Waals surface area (Å²) in [4.78, 5) is 4.99. The summed E-state index contributed by atoms with van der Waals surface area (Å²) >= 11 is 0. The molecule has 0 aromatic heterocycles. The minimum absolute atomic E-state index is 0.0651. The van der Waals surface area contributed by atoms with Crippen LogP contribution in [0.5, 0.6) is 5.75 Å². The second-order valence-electron chi connectivity index (χ2n) is 8.21. The van der Waals surface area contributed by atoms with Crippen LogP contribution >= 0.6 is 0 Å². The SMILES string of the molecule is CC(C)COc1ccc(C(CO)N2CCN(CC(C)C)CC2C)cc1. The van der Waals surface area contributed by atoms with E-state index < -0.39 is 0 Å². The predicted molar refractivity (Wildman–Crippen MR) is 104 cm³/mol. The molecule has 1 heterocycles. The van der Waals surface area contributed by atoms with Gasteiger partial charge in [-0.05, 0) is 36.5 Å². The molecule has 1 aromatic carbocycles. The Morgan fingerprint density at radius 1 is 1.08 bits per heavy atom. The number of hydrogen-bond acceptors (Lipinski definition) is 4. The summed E-state index contributed by atoms with van der Waals surface area (Å²) in [6, 6.07) is 8.77. The van der Waals surface area contributed by atoms with Crippen LogP contribution in [0.1, 0.15) is 46.2 Å². The molecule has 0 radical (unpaired) electrons. The molecular formula is C21H36N2O2. The average Bonchev–Trinajstić information content (AvgIpc) is 2.56. The van der Waals surface area contributed by atoms with E-state index in [0.29, 0.717) is 17.9 Å². The average molecular weight is 349 g/mol.